The van der Waals surface area contributed by atoms with E-state index in [1.807, 2.05) is 0 Å². The first kappa shape index (κ1) is 19.8. The first-order chi connectivity index (χ1) is 13.9. The van der Waals surface area contributed by atoms with Crippen LogP contribution in [0.1, 0.15) is 28.3 Å². The second-order valence-electron chi connectivity index (χ2n) is 7.33. The zero-order valence-electron chi connectivity index (χ0n) is 15.4. The van der Waals surface area contributed by atoms with Gasteiger partial charge in [-0.3, -0.25) is 9.59 Å². The molecule has 2 aromatic rings. The van der Waals surface area contributed by atoms with Gasteiger partial charge in [0.05, 0.1) is 5.56 Å². The quantitative estimate of drug-likeness (QED) is 0.754. The van der Waals surface area contributed by atoms with Gasteiger partial charge in [0.15, 0.2) is 0 Å². The molecule has 152 valence electrons. The van der Waals surface area contributed by atoms with Crippen LogP contribution >= 0.6 is 11.6 Å². The highest BCUT2D eigenvalue weighted by molar-refractivity contribution is 6.31. The molecule has 1 saturated heterocycles. The first-order valence-corrected chi connectivity index (χ1v) is 9.71. The van der Waals surface area contributed by atoms with Crippen LogP contribution in [0, 0.1) is 23.4 Å². The van der Waals surface area contributed by atoms with Crippen molar-refractivity contribution in [1.82, 2.24) is 9.80 Å². The summed E-state index contributed by atoms with van der Waals surface area (Å²) in [6.45, 7) is 1.08. The number of hydrogen-bond donors (Lipinski definition) is 0. The fourth-order valence-electron chi connectivity index (χ4n) is 3.85. The van der Waals surface area contributed by atoms with Crippen molar-refractivity contribution >= 4 is 23.4 Å². The van der Waals surface area contributed by atoms with Crippen LogP contribution < -0.4 is 0 Å². The topological polar surface area (TPSA) is 40.6 Å². The minimum atomic E-state index is -0.648. The monoisotopic (exact) mass is 422 g/mol. The molecule has 2 unspecified atom stereocenters. The molecule has 29 heavy (non-hydrogen) atoms. The molecule has 2 amide bonds. The van der Waals surface area contributed by atoms with Crippen LogP contribution in [-0.2, 0) is 4.79 Å². The van der Waals surface area contributed by atoms with E-state index in [9.17, 15) is 22.8 Å². The van der Waals surface area contributed by atoms with Gasteiger partial charge in [0.1, 0.15) is 17.5 Å². The van der Waals surface area contributed by atoms with Gasteiger partial charge >= 0.3 is 0 Å². The number of rotatable bonds is 3. The largest absolute Gasteiger partial charge is 0.339 e. The number of piperazine rings is 1. The molecule has 1 heterocycles. The second kappa shape index (κ2) is 7.71. The molecule has 0 radical (unpaired) electrons. The van der Waals surface area contributed by atoms with Crippen molar-refractivity contribution < 1.29 is 22.8 Å². The van der Waals surface area contributed by atoms with Crippen molar-refractivity contribution in [3.8, 4) is 0 Å². The first-order valence-electron chi connectivity index (χ1n) is 9.34. The minimum Gasteiger partial charge on any atom is -0.339 e. The summed E-state index contributed by atoms with van der Waals surface area (Å²) >= 11 is 5.85. The Morgan fingerprint density at radius 2 is 1.52 bits per heavy atom. The zero-order chi connectivity index (χ0) is 20.7. The van der Waals surface area contributed by atoms with Crippen LogP contribution in [-0.4, -0.2) is 47.8 Å². The molecule has 0 aromatic heterocycles. The summed E-state index contributed by atoms with van der Waals surface area (Å²) < 4.78 is 41.8. The summed E-state index contributed by atoms with van der Waals surface area (Å²) in [4.78, 5) is 28.3. The van der Waals surface area contributed by atoms with Crippen LogP contribution in [0.3, 0.4) is 0 Å². The lowest BCUT2D eigenvalue weighted by molar-refractivity contribution is -0.134. The Bertz CT molecular complexity index is 956. The highest BCUT2D eigenvalue weighted by Gasteiger charge is 2.48. The van der Waals surface area contributed by atoms with Gasteiger partial charge in [-0.2, -0.15) is 0 Å². The Kier molecular flexibility index (Phi) is 5.25. The molecule has 4 rings (SSSR count). The smallest absolute Gasteiger partial charge is 0.257 e. The maximum atomic E-state index is 13.9. The molecule has 2 fully saturated rings. The van der Waals surface area contributed by atoms with Crippen molar-refractivity contribution in [2.45, 2.75) is 12.3 Å². The Morgan fingerprint density at radius 1 is 0.897 bits per heavy atom. The second-order valence-corrected chi connectivity index (χ2v) is 7.76. The van der Waals surface area contributed by atoms with E-state index in [0.29, 0.717) is 6.42 Å². The molecular formula is C21H18ClF3N2O2. The van der Waals surface area contributed by atoms with Crippen molar-refractivity contribution in [3.05, 3.63) is 70.0 Å². The van der Waals surface area contributed by atoms with E-state index in [0.717, 1.165) is 6.07 Å². The summed E-state index contributed by atoms with van der Waals surface area (Å²) in [6, 6.07) is 7.48. The third-order valence-corrected chi connectivity index (χ3v) is 5.75. The van der Waals surface area contributed by atoms with Gasteiger partial charge in [0, 0.05) is 48.6 Å². The van der Waals surface area contributed by atoms with Crippen molar-refractivity contribution in [2.75, 3.05) is 26.2 Å². The van der Waals surface area contributed by atoms with Gasteiger partial charge in [-0.15, -0.1) is 0 Å². The number of benzene rings is 2. The van der Waals surface area contributed by atoms with Crippen molar-refractivity contribution in [3.63, 3.8) is 0 Å². The number of carbonyl (C=O) groups excluding carboxylic acids is 2. The Hall–Kier alpha value is -2.54. The highest BCUT2D eigenvalue weighted by atomic mass is 35.5. The maximum absolute atomic E-state index is 13.9. The summed E-state index contributed by atoms with van der Waals surface area (Å²) in [6.07, 6.45) is 0.406. The predicted octanol–water partition coefficient (Wildman–Crippen LogP) is 3.85. The van der Waals surface area contributed by atoms with E-state index in [2.05, 4.69) is 0 Å². The summed E-state index contributed by atoms with van der Waals surface area (Å²) in [5.74, 6) is -3.47. The third kappa shape index (κ3) is 3.83. The lowest BCUT2D eigenvalue weighted by Gasteiger charge is -2.35. The normalized spacial score (nSPS) is 21.2. The van der Waals surface area contributed by atoms with Gasteiger partial charge in [0.2, 0.25) is 5.91 Å². The van der Waals surface area contributed by atoms with Gasteiger partial charge < -0.3 is 9.80 Å². The molecule has 2 atom stereocenters. The predicted molar refractivity (Wildman–Crippen MR) is 101 cm³/mol. The molecule has 4 nitrogen and oxygen atoms in total. The third-order valence-electron chi connectivity index (χ3n) is 5.52. The Labute approximate surface area is 170 Å². The molecule has 2 aromatic carbocycles. The zero-order valence-corrected chi connectivity index (χ0v) is 16.1. The average Bonchev–Trinajstić information content (AvgIpc) is 3.49. The van der Waals surface area contributed by atoms with E-state index in [1.165, 1.54) is 35.2 Å². The van der Waals surface area contributed by atoms with Gasteiger partial charge in [-0.05, 0) is 36.8 Å². The van der Waals surface area contributed by atoms with Crippen LogP contribution in [0.15, 0.2) is 36.4 Å². The number of nitrogens with zero attached hydrogens (tertiary/aromatic N) is 2. The summed E-state index contributed by atoms with van der Waals surface area (Å²) in [5.41, 5.74) is -0.134. The molecule has 2 aliphatic rings. The highest BCUT2D eigenvalue weighted by Crippen LogP contribution is 2.50. The van der Waals surface area contributed by atoms with E-state index in [-0.39, 0.29) is 48.2 Å². The van der Waals surface area contributed by atoms with Gasteiger partial charge in [-0.1, -0.05) is 17.7 Å². The molecule has 1 aliphatic heterocycles. The molecule has 0 spiro atoms. The van der Waals surface area contributed by atoms with E-state index in [1.54, 1.807) is 4.90 Å². The van der Waals surface area contributed by atoms with Crippen LogP contribution in [0.5, 0.6) is 0 Å². The van der Waals surface area contributed by atoms with Gasteiger partial charge in [0.25, 0.3) is 5.91 Å². The van der Waals surface area contributed by atoms with Crippen LogP contribution in [0.2, 0.25) is 5.02 Å². The number of hydrogen-bond acceptors (Lipinski definition) is 2. The fourth-order valence-corrected chi connectivity index (χ4v) is 4.02. The summed E-state index contributed by atoms with van der Waals surface area (Å²) in [5, 5.41) is 0.267. The molecule has 8 heteroatoms. The Balaban J connectivity index is 1.37. The average molecular weight is 423 g/mol. The molecular weight excluding hydrogens is 405 g/mol. The summed E-state index contributed by atoms with van der Waals surface area (Å²) in [7, 11) is 0. The minimum absolute atomic E-state index is 0.0314. The molecule has 1 saturated carbocycles. The van der Waals surface area contributed by atoms with Crippen molar-refractivity contribution in [1.29, 1.82) is 0 Å². The fraction of sp³-hybridized carbons (Fsp3) is 0.333. The van der Waals surface area contributed by atoms with Crippen LogP contribution in [0.4, 0.5) is 13.2 Å². The molecule has 0 bridgehead atoms. The lowest BCUT2D eigenvalue weighted by atomic mass is 10.1. The van der Waals surface area contributed by atoms with Gasteiger partial charge in [-0.25, -0.2) is 13.2 Å². The van der Waals surface area contributed by atoms with Crippen LogP contribution in [0.25, 0.3) is 0 Å². The van der Waals surface area contributed by atoms with E-state index in [4.69, 9.17) is 11.6 Å². The Morgan fingerprint density at radius 3 is 2.17 bits per heavy atom. The maximum Gasteiger partial charge on any atom is 0.257 e. The lowest BCUT2D eigenvalue weighted by Crippen LogP contribution is -2.51. The number of halogens is 4. The molecule has 1 aliphatic carbocycles. The SMILES string of the molecule is O=C(c1cc(Cl)ccc1F)N1CCN(C(=O)C2CC2c2c(F)cccc2F)CC1. The van der Waals surface area contributed by atoms with Crippen molar-refractivity contribution in [2.24, 2.45) is 5.92 Å². The van der Waals surface area contributed by atoms with E-state index < -0.39 is 35.2 Å². The van der Waals surface area contributed by atoms with E-state index >= 15 is 0 Å². The number of amides is 2. The number of carbonyl (C=O) groups is 2. The standard InChI is InChI=1S/C21H18ClF3N2O2/c22-12-4-5-16(23)15(10-12)21(29)27-8-6-26(7-9-27)20(28)14-11-13(14)19-17(24)2-1-3-18(19)25/h1-5,10,13-14H,6-9,11H2. The molecule has 0 N–H and O–H groups in total.